The topological polar surface area (TPSA) is 59.8 Å². The molecule has 2 aromatic carbocycles. The van der Waals surface area contributed by atoms with Crippen molar-refractivity contribution >= 4 is 11.5 Å². The molecule has 0 saturated carbocycles. The van der Waals surface area contributed by atoms with Gasteiger partial charge in [-0.25, -0.2) is 9.67 Å². The zero-order chi connectivity index (χ0) is 16.2. The van der Waals surface area contributed by atoms with Crippen LogP contribution in [0.3, 0.4) is 0 Å². The third kappa shape index (κ3) is 2.89. The molecule has 1 N–H and O–H groups in total. The highest BCUT2D eigenvalue weighted by molar-refractivity contribution is 6.00. The van der Waals surface area contributed by atoms with Crippen molar-refractivity contribution in [1.82, 2.24) is 20.1 Å². The lowest BCUT2D eigenvalue weighted by atomic mass is 9.94. The second-order valence-corrected chi connectivity index (χ2v) is 4.99. The summed E-state index contributed by atoms with van der Waals surface area (Å²) in [6.07, 6.45) is 3.14. The van der Waals surface area contributed by atoms with E-state index in [0.717, 1.165) is 22.4 Å². The van der Waals surface area contributed by atoms with E-state index < -0.39 is 0 Å². The molecule has 3 aromatic rings. The normalized spacial score (nSPS) is 10.3. The van der Waals surface area contributed by atoms with E-state index >= 15 is 0 Å². The standard InChI is InChI=1S/C18H16N4O.H2/c1-13(16-5-3-4-6-17(16)18(23)19-2)14-7-9-15(10-8-14)22-12-20-11-21-22;/h3-12H,1H2,2H3,(H,19,23);1H. The third-order valence-corrected chi connectivity index (χ3v) is 3.62. The molecule has 5 heteroatoms. The Labute approximate surface area is 135 Å². The summed E-state index contributed by atoms with van der Waals surface area (Å²) < 4.78 is 1.69. The van der Waals surface area contributed by atoms with Gasteiger partial charge in [-0.15, -0.1) is 0 Å². The maximum atomic E-state index is 12.0. The Hall–Kier alpha value is -3.21. The van der Waals surface area contributed by atoms with Crippen molar-refractivity contribution in [2.75, 3.05) is 7.05 Å². The van der Waals surface area contributed by atoms with Crippen molar-refractivity contribution in [3.8, 4) is 5.69 Å². The second kappa shape index (κ2) is 6.27. The fourth-order valence-corrected chi connectivity index (χ4v) is 2.39. The van der Waals surface area contributed by atoms with Gasteiger partial charge in [-0.3, -0.25) is 4.79 Å². The molecule has 0 spiro atoms. The SMILES string of the molecule is C=C(c1ccc(-n2cncn2)cc1)c1ccccc1C(=O)NC.[HH]. The minimum Gasteiger partial charge on any atom is -0.355 e. The Bertz CT molecular complexity index is 842. The van der Waals surface area contributed by atoms with Crippen molar-refractivity contribution < 1.29 is 6.22 Å². The summed E-state index contributed by atoms with van der Waals surface area (Å²) >= 11 is 0. The predicted octanol–water partition coefficient (Wildman–Crippen LogP) is 2.93. The molecule has 23 heavy (non-hydrogen) atoms. The number of rotatable bonds is 4. The number of hydrogen-bond donors (Lipinski definition) is 1. The van der Waals surface area contributed by atoms with Gasteiger partial charge in [0.25, 0.3) is 5.91 Å². The first-order chi connectivity index (χ1) is 11.2. The van der Waals surface area contributed by atoms with Crippen LogP contribution in [0.5, 0.6) is 0 Å². The van der Waals surface area contributed by atoms with Gasteiger partial charge in [-0.05, 0) is 34.9 Å². The third-order valence-electron chi connectivity index (χ3n) is 3.62. The lowest BCUT2D eigenvalue weighted by molar-refractivity contribution is 0.0963. The van der Waals surface area contributed by atoms with E-state index in [0.29, 0.717) is 5.56 Å². The number of nitrogens with one attached hydrogen (secondary N) is 1. The van der Waals surface area contributed by atoms with Crippen LogP contribution >= 0.6 is 0 Å². The predicted molar refractivity (Wildman–Crippen MR) is 91.4 cm³/mol. The molecule has 1 aromatic heterocycles. The molecule has 1 amide bonds. The monoisotopic (exact) mass is 306 g/mol. The molecule has 0 radical (unpaired) electrons. The van der Waals surface area contributed by atoms with Gasteiger partial charge in [0.05, 0.1) is 5.69 Å². The number of carbonyl (C=O) groups is 1. The van der Waals surface area contributed by atoms with E-state index in [2.05, 4.69) is 22.0 Å². The zero-order valence-corrected chi connectivity index (χ0v) is 12.7. The van der Waals surface area contributed by atoms with Gasteiger partial charge < -0.3 is 5.32 Å². The Morgan fingerprint density at radius 3 is 2.43 bits per heavy atom. The first kappa shape index (κ1) is 14.7. The van der Waals surface area contributed by atoms with Crippen LogP contribution in [0.25, 0.3) is 11.3 Å². The Balaban J connectivity index is 0.00000208. The van der Waals surface area contributed by atoms with E-state index in [4.69, 9.17) is 0 Å². The molecule has 116 valence electrons. The van der Waals surface area contributed by atoms with Crippen LogP contribution in [0.1, 0.15) is 22.9 Å². The van der Waals surface area contributed by atoms with Gasteiger partial charge in [0.1, 0.15) is 12.7 Å². The maximum absolute atomic E-state index is 12.0. The number of nitrogens with zero attached hydrogens (tertiary/aromatic N) is 3. The molecule has 0 unspecified atom stereocenters. The number of hydrogen-bond acceptors (Lipinski definition) is 3. The summed E-state index contributed by atoms with van der Waals surface area (Å²) in [6, 6.07) is 15.2. The Kier molecular flexibility index (Phi) is 4.01. The van der Waals surface area contributed by atoms with Crippen LogP contribution in [0.4, 0.5) is 0 Å². The van der Waals surface area contributed by atoms with Crippen LogP contribution in [0.15, 0.2) is 67.8 Å². The minimum atomic E-state index is -0.124. The van der Waals surface area contributed by atoms with Gasteiger partial charge in [-0.1, -0.05) is 36.9 Å². The average Bonchev–Trinajstić information content (AvgIpc) is 3.15. The highest BCUT2D eigenvalue weighted by Crippen LogP contribution is 2.25. The summed E-state index contributed by atoms with van der Waals surface area (Å²) in [7, 11) is 1.62. The molecule has 0 bridgehead atoms. The fraction of sp³-hybridized carbons (Fsp3) is 0.0556. The molecule has 0 saturated heterocycles. The molecule has 1 heterocycles. The first-order valence-electron chi connectivity index (χ1n) is 7.16. The van der Waals surface area contributed by atoms with Crippen molar-refractivity contribution in [2.45, 2.75) is 0 Å². The smallest absolute Gasteiger partial charge is 0.251 e. The first-order valence-corrected chi connectivity index (χ1v) is 7.16. The summed E-state index contributed by atoms with van der Waals surface area (Å²) in [5.41, 5.74) is 4.10. The van der Waals surface area contributed by atoms with Crippen molar-refractivity contribution in [3.05, 3.63) is 84.5 Å². The van der Waals surface area contributed by atoms with E-state index in [-0.39, 0.29) is 7.33 Å². The molecular formula is C18H18N4O. The van der Waals surface area contributed by atoms with Crippen LogP contribution in [0, 0.1) is 0 Å². The molecular weight excluding hydrogens is 288 g/mol. The summed E-state index contributed by atoms with van der Waals surface area (Å²) in [4.78, 5) is 15.9. The van der Waals surface area contributed by atoms with Gasteiger partial charge in [0.15, 0.2) is 0 Å². The van der Waals surface area contributed by atoms with Crippen LogP contribution < -0.4 is 5.32 Å². The minimum absolute atomic E-state index is 0. The summed E-state index contributed by atoms with van der Waals surface area (Å²) in [5.74, 6) is -0.124. The van der Waals surface area contributed by atoms with Crippen molar-refractivity contribution in [3.63, 3.8) is 0 Å². The number of benzene rings is 2. The lowest BCUT2D eigenvalue weighted by Crippen LogP contribution is -2.19. The van der Waals surface area contributed by atoms with E-state index in [1.807, 2.05) is 42.5 Å². The molecule has 0 aliphatic rings. The van der Waals surface area contributed by atoms with Gasteiger partial charge in [-0.2, -0.15) is 5.10 Å². The molecule has 0 fully saturated rings. The number of amides is 1. The van der Waals surface area contributed by atoms with Crippen LogP contribution in [-0.4, -0.2) is 27.7 Å². The highest BCUT2D eigenvalue weighted by Gasteiger charge is 2.12. The molecule has 0 atom stereocenters. The molecule has 3 rings (SSSR count). The van der Waals surface area contributed by atoms with Gasteiger partial charge >= 0.3 is 0 Å². The van der Waals surface area contributed by atoms with Crippen LogP contribution in [0.2, 0.25) is 0 Å². The summed E-state index contributed by atoms with van der Waals surface area (Å²) in [6.45, 7) is 4.15. The van der Waals surface area contributed by atoms with Crippen molar-refractivity contribution in [2.24, 2.45) is 0 Å². The van der Waals surface area contributed by atoms with E-state index in [9.17, 15) is 4.79 Å². The Morgan fingerprint density at radius 2 is 1.83 bits per heavy atom. The molecule has 0 aliphatic heterocycles. The maximum Gasteiger partial charge on any atom is 0.251 e. The average molecular weight is 306 g/mol. The lowest BCUT2D eigenvalue weighted by Gasteiger charge is -2.12. The fourth-order valence-electron chi connectivity index (χ4n) is 2.39. The second-order valence-electron chi connectivity index (χ2n) is 4.99. The quantitative estimate of drug-likeness (QED) is 0.806. The van der Waals surface area contributed by atoms with Crippen molar-refractivity contribution in [1.29, 1.82) is 0 Å². The Morgan fingerprint density at radius 1 is 1.13 bits per heavy atom. The molecule has 5 nitrogen and oxygen atoms in total. The van der Waals surface area contributed by atoms with Crippen LogP contribution in [-0.2, 0) is 0 Å². The number of carbonyl (C=O) groups excluding carboxylic acids is 1. The van der Waals surface area contributed by atoms with E-state index in [1.165, 1.54) is 6.33 Å². The molecule has 0 aliphatic carbocycles. The highest BCUT2D eigenvalue weighted by atomic mass is 16.1. The zero-order valence-electron chi connectivity index (χ0n) is 12.7. The van der Waals surface area contributed by atoms with Gasteiger partial charge in [0.2, 0.25) is 0 Å². The van der Waals surface area contributed by atoms with Gasteiger partial charge in [0, 0.05) is 14.0 Å². The largest absolute Gasteiger partial charge is 0.355 e. The van der Waals surface area contributed by atoms with E-state index in [1.54, 1.807) is 24.1 Å². The number of aromatic nitrogens is 3. The summed E-state index contributed by atoms with van der Waals surface area (Å²) in [5, 5.41) is 6.75.